The van der Waals surface area contributed by atoms with Crippen molar-refractivity contribution in [2.45, 2.75) is 18.7 Å². The van der Waals surface area contributed by atoms with E-state index in [1.165, 1.54) is 12.1 Å². The Hall–Kier alpha value is -3.20. The third kappa shape index (κ3) is 3.17. The van der Waals surface area contributed by atoms with Crippen molar-refractivity contribution in [3.63, 3.8) is 0 Å². The van der Waals surface area contributed by atoms with Crippen LogP contribution in [0, 0.1) is 19.7 Å². The summed E-state index contributed by atoms with van der Waals surface area (Å²) < 4.78 is 45.8. The van der Waals surface area contributed by atoms with Gasteiger partial charge in [0.2, 0.25) is 0 Å². The van der Waals surface area contributed by atoms with Crippen LogP contribution in [0.1, 0.15) is 11.5 Å². The minimum absolute atomic E-state index is 0.0270. The number of rotatable bonds is 4. The number of anilines is 1. The largest absolute Gasteiger partial charge is 0.360 e. The maximum absolute atomic E-state index is 13.1. The first-order valence-corrected chi connectivity index (χ1v) is 9.53. The van der Waals surface area contributed by atoms with E-state index in [4.69, 9.17) is 4.52 Å². The Balaban J connectivity index is 1.69. The molecule has 7 nitrogen and oxygen atoms in total. The Labute approximate surface area is 154 Å². The summed E-state index contributed by atoms with van der Waals surface area (Å²) in [7, 11) is -3.83. The van der Waals surface area contributed by atoms with E-state index >= 15 is 0 Å². The Bertz CT molecular complexity index is 1220. The lowest BCUT2D eigenvalue weighted by atomic mass is 10.2. The number of nitrogens with zero attached hydrogens (tertiary/aromatic N) is 2. The maximum Gasteiger partial charge on any atom is 0.267 e. The molecule has 4 aromatic rings. The number of aryl methyl sites for hydroxylation is 2. The summed E-state index contributed by atoms with van der Waals surface area (Å²) in [4.78, 5) is 7.59. The molecule has 0 saturated carbocycles. The smallest absolute Gasteiger partial charge is 0.267 e. The highest BCUT2D eigenvalue weighted by molar-refractivity contribution is 7.92. The van der Waals surface area contributed by atoms with Gasteiger partial charge in [0.05, 0.1) is 16.7 Å². The number of imidazole rings is 1. The Morgan fingerprint density at radius 1 is 1.11 bits per heavy atom. The van der Waals surface area contributed by atoms with Crippen molar-refractivity contribution >= 4 is 26.7 Å². The van der Waals surface area contributed by atoms with Gasteiger partial charge in [-0.15, -0.1) is 0 Å². The molecule has 27 heavy (non-hydrogen) atoms. The SMILES string of the molecule is Cc1noc(C)c1S(=O)(=O)Nc1ccc2nc(-c3ccc(F)cc3)[nH]c2c1. The summed E-state index contributed by atoms with van der Waals surface area (Å²) in [6, 6.07) is 10.9. The fourth-order valence-electron chi connectivity index (χ4n) is 2.88. The summed E-state index contributed by atoms with van der Waals surface area (Å²) in [5, 5.41) is 3.68. The number of fused-ring (bicyclic) bond motifs is 1. The van der Waals surface area contributed by atoms with E-state index in [0.717, 1.165) is 5.56 Å². The summed E-state index contributed by atoms with van der Waals surface area (Å²) in [5.74, 6) is 0.461. The van der Waals surface area contributed by atoms with E-state index in [0.29, 0.717) is 28.2 Å². The van der Waals surface area contributed by atoms with Crippen LogP contribution in [-0.4, -0.2) is 23.5 Å². The lowest BCUT2D eigenvalue weighted by Gasteiger charge is -2.07. The highest BCUT2D eigenvalue weighted by atomic mass is 32.2. The standard InChI is InChI=1S/C18H15FN4O3S/c1-10-17(11(2)26-22-10)27(24,25)23-14-7-8-15-16(9-14)21-18(20-15)12-3-5-13(19)6-4-12/h3-9,23H,1-2H3,(H,20,21). The fraction of sp³-hybridized carbons (Fsp3) is 0.111. The molecule has 0 unspecified atom stereocenters. The molecule has 0 aliphatic carbocycles. The topological polar surface area (TPSA) is 101 Å². The monoisotopic (exact) mass is 386 g/mol. The first-order chi connectivity index (χ1) is 12.8. The van der Waals surface area contributed by atoms with Crippen molar-refractivity contribution in [3.05, 3.63) is 59.7 Å². The van der Waals surface area contributed by atoms with E-state index in [1.54, 1.807) is 44.2 Å². The van der Waals surface area contributed by atoms with Crippen molar-refractivity contribution < 1.29 is 17.3 Å². The Morgan fingerprint density at radius 3 is 2.52 bits per heavy atom. The predicted molar refractivity (Wildman–Crippen MR) is 98.3 cm³/mol. The number of aromatic nitrogens is 3. The van der Waals surface area contributed by atoms with E-state index in [9.17, 15) is 12.8 Å². The van der Waals surface area contributed by atoms with Gasteiger partial charge < -0.3 is 9.51 Å². The molecular formula is C18H15FN4O3S. The molecule has 0 radical (unpaired) electrons. The van der Waals surface area contributed by atoms with E-state index < -0.39 is 10.0 Å². The number of sulfonamides is 1. The molecule has 2 aromatic heterocycles. The minimum Gasteiger partial charge on any atom is -0.360 e. The second-order valence-corrected chi connectivity index (χ2v) is 7.70. The number of aromatic amines is 1. The van der Waals surface area contributed by atoms with Crippen LogP contribution in [0.15, 0.2) is 51.9 Å². The van der Waals surface area contributed by atoms with Crippen molar-refractivity contribution in [2.24, 2.45) is 0 Å². The maximum atomic E-state index is 13.1. The lowest BCUT2D eigenvalue weighted by molar-refractivity contribution is 0.390. The summed E-state index contributed by atoms with van der Waals surface area (Å²) in [6.45, 7) is 3.11. The van der Waals surface area contributed by atoms with Crippen LogP contribution >= 0.6 is 0 Å². The molecule has 0 fully saturated rings. The van der Waals surface area contributed by atoms with Gasteiger partial charge in [-0.3, -0.25) is 4.72 Å². The van der Waals surface area contributed by atoms with Gasteiger partial charge in [-0.2, -0.15) is 0 Å². The molecule has 2 heterocycles. The van der Waals surface area contributed by atoms with Crippen molar-refractivity contribution in [2.75, 3.05) is 4.72 Å². The van der Waals surface area contributed by atoms with E-state index in [1.807, 2.05) is 0 Å². The molecule has 0 atom stereocenters. The molecule has 2 aromatic carbocycles. The van der Waals surface area contributed by atoms with Gasteiger partial charge >= 0.3 is 0 Å². The number of hydrogen-bond donors (Lipinski definition) is 2. The van der Waals surface area contributed by atoms with Crippen LogP contribution in [0.5, 0.6) is 0 Å². The van der Waals surface area contributed by atoms with Crippen LogP contribution in [0.2, 0.25) is 0 Å². The fourth-order valence-corrected chi connectivity index (χ4v) is 4.26. The zero-order valence-corrected chi connectivity index (χ0v) is 15.3. The first-order valence-electron chi connectivity index (χ1n) is 8.05. The van der Waals surface area contributed by atoms with Crippen LogP contribution in [0.25, 0.3) is 22.4 Å². The average molecular weight is 386 g/mol. The number of H-pyrrole nitrogens is 1. The molecule has 4 rings (SSSR count). The number of halogens is 1. The van der Waals surface area contributed by atoms with Crippen LogP contribution < -0.4 is 4.72 Å². The second kappa shape index (κ2) is 6.20. The van der Waals surface area contributed by atoms with Gasteiger partial charge in [-0.25, -0.2) is 17.8 Å². The minimum atomic E-state index is -3.83. The van der Waals surface area contributed by atoms with Crippen LogP contribution in [0.4, 0.5) is 10.1 Å². The molecule has 0 aliphatic heterocycles. The molecule has 0 spiro atoms. The molecule has 9 heteroatoms. The summed E-state index contributed by atoms with van der Waals surface area (Å²) >= 11 is 0. The quantitative estimate of drug-likeness (QED) is 0.556. The molecule has 0 bridgehead atoms. The van der Waals surface area contributed by atoms with Crippen LogP contribution in [-0.2, 0) is 10.0 Å². The third-order valence-electron chi connectivity index (χ3n) is 4.09. The average Bonchev–Trinajstić information content (AvgIpc) is 3.18. The van der Waals surface area contributed by atoms with Gasteiger partial charge in [0.25, 0.3) is 10.0 Å². The molecule has 0 aliphatic rings. The summed E-state index contributed by atoms with van der Waals surface area (Å²) in [6.07, 6.45) is 0. The molecule has 0 saturated heterocycles. The van der Waals surface area contributed by atoms with Crippen molar-refractivity contribution in [1.82, 2.24) is 15.1 Å². The zero-order valence-electron chi connectivity index (χ0n) is 14.4. The normalized spacial score (nSPS) is 11.8. The second-order valence-electron chi connectivity index (χ2n) is 6.08. The van der Waals surface area contributed by atoms with E-state index in [-0.39, 0.29) is 16.5 Å². The highest BCUT2D eigenvalue weighted by Gasteiger charge is 2.24. The summed E-state index contributed by atoms with van der Waals surface area (Å²) in [5.41, 5.74) is 2.70. The number of hydrogen-bond acceptors (Lipinski definition) is 5. The van der Waals surface area contributed by atoms with Gasteiger partial charge in [-0.1, -0.05) is 5.16 Å². The van der Waals surface area contributed by atoms with Gasteiger partial charge in [0, 0.05) is 5.56 Å². The van der Waals surface area contributed by atoms with Crippen LogP contribution in [0.3, 0.4) is 0 Å². The molecular weight excluding hydrogens is 371 g/mol. The predicted octanol–water partition coefficient (Wildman–Crippen LogP) is 3.77. The number of benzene rings is 2. The molecule has 0 amide bonds. The van der Waals surface area contributed by atoms with Gasteiger partial charge in [0.1, 0.15) is 17.3 Å². The van der Waals surface area contributed by atoms with E-state index in [2.05, 4.69) is 19.8 Å². The Morgan fingerprint density at radius 2 is 1.85 bits per heavy atom. The highest BCUT2D eigenvalue weighted by Crippen LogP contribution is 2.26. The first kappa shape index (κ1) is 17.2. The lowest BCUT2D eigenvalue weighted by Crippen LogP contribution is -2.14. The Kier molecular flexibility index (Phi) is 3.96. The third-order valence-corrected chi connectivity index (χ3v) is 5.71. The molecule has 138 valence electrons. The number of nitrogens with one attached hydrogen (secondary N) is 2. The van der Waals surface area contributed by atoms with Gasteiger partial charge in [0.15, 0.2) is 10.7 Å². The van der Waals surface area contributed by atoms with Crippen molar-refractivity contribution in [1.29, 1.82) is 0 Å². The van der Waals surface area contributed by atoms with Gasteiger partial charge in [-0.05, 0) is 56.3 Å². The zero-order chi connectivity index (χ0) is 19.2. The van der Waals surface area contributed by atoms with Crippen molar-refractivity contribution in [3.8, 4) is 11.4 Å². The molecule has 2 N–H and O–H groups in total.